The lowest BCUT2D eigenvalue weighted by Gasteiger charge is -2.08. The smallest absolute Gasteiger partial charge is 0.260 e. The molecule has 9 heteroatoms. The minimum absolute atomic E-state index is 0.0127. The molecule has 0 radical (unpaired) electrons. The molecule has 0 saturated carbocycles. The Morgan fingerprint density at radius 3 is 2.90 bits per heavy atom. The lowest BCUT2D eigenvalue weighted by molar-refractivity contribution is -0.113. The molecule has 3 N–H and O–H groups in total. The van der Waals surface area contributed by atoms with E-state index in [0.29, 0.717) is 21.1 Å². The number of phenolic OH excluding ortho intramolecular Hbond substituents is 1. The molecule has 4 rings (SSSR count). The van der Waals surface area contributed by atoms with Crippen LogP contribution in [0.4, 0.5) is 5.69 Å². The van der Waals surface area contributed by atoms with Crippen LogP contribution in [0.15, 0.2) is 45.7 Å². The van der Waals surface area contributed by atoms with E-state index in [2.05, 4.69) is 22.2 Å². The van der Waals surface area contributed by atoms with Gasteiger partial charge in [0.05, 0.1) is 16.8 Å². The van der Waals surface area contributed by atoms with E-state index in [0.717, 1.165) is 39.1 Å². The number of aryl methyl sites for hydroxylation is 2. The summed E-state index contributed by atoms with van der Waals surface area (Å²) >= 11 is 4.28. The van der Waals surface area contributed by atoms with Gasteiger partial charge in [0.15, 0.2) is 5.16 Å². The SMILES string of the molecule is CCc1sc2nc(SCC(=O)Nc3cc(C)ccc3O)[nH]c(=O)c2c1-c1cccs1. The molecule has 0 saturated heterocycles. The topological polar surface area (TPSA) is 95.1 Å². The number of carbonyl (C=O) groups excluding carboxylic acids is 1. The Morgan fingerprint density at radius 2 is 2.17 bits per heavy atom. The zero-order chi connectivity index (χ0) is 21.3. The highest BCUT2D eigenvalue weighted by Gasteiger charge is 2.19. The Hall–Kier alpha value is -2.62. The van der Waals surface area contributed by atoms with Gasteiger partial charge in [0.2, 0.25) is 5.91 Å². The number of H-pyrrole nitrogens is 1. The highest BCUT2D eigenvalue weighted by molar-refractivity contribution is 7.99. The average Bonchev–Trinajstić information content (AvgIpc) is 3.36. The second kappa shape index (κ2) is 8.63. The second-order valence-corrected chi connectivity index (χ2v) is 9.64. The van der Waals surface area contributed by atoms with Crippen LogP contribution < -0.4 is 10.9 Å². The van der Waals surface area contributed by atoms with E-state index >= 15 is 0 Å². The van der Waals surface area contributed by atoms with Gasteiger partial charge in [-0.2, -0.15) is 0 Å². The van der Waals surface area contributed by atoms with Gasteiger partial charge in [0, 0.05) is 15.3 Å². The molecule has 154 valence electrons. The predicted molar refractivity (Wildman–Crippen MR) is 125 cm³/mol. The number of hydrogen-bond donors (Lipinski definition) is 3. The fourth-order valence-electron chi connectivity index (χ4n) is 3.10. The first kappa shape index (κ1) is 20.6. The van der Waals surface area contributed by atoms with Crippen LogP contribution in [0.5, 0.6) is 5.75 Å². The molecule has 6 nitrogen and oxygen atoms in total. The normalized spacial score (nSPS) is 11.1. The monoisotopic (exact) mass is 457 g/mol. The maximum absolute atomic E-state index is 12.8. The molecule has 3 aromatic heterocycles. The molecule has 0 atom stereocenters. The van der Waals surface area contributed by atoms with Crippen molar-refractivity contribution >= 4 is 56.2 Å². The summed E-state index contributed by atoms with van der Waals surface area (Å²) in [5.74, 6) is -0.215. The molecule has 0 spiro atoms. The Labute approximate surface area is 185 Å². The third kappa shape index (κ3) is 4.14. The number of phenols is 1. The zero-order valence-corrected chi connectivity index (χ0v) is 18.8. The first-order valence-corrected chi connectivity index (χ1v) is 12.0. The van der Waals surface area contributed by atoms with E-state index in [-0.39, 0.29) is 23.0 Å². The van der Waals surface area contributed by atoms with Crippen LogP contribution in [0.25, 0.3) is 20.7 Å². The number of aromatic amines is 1. The third-order valence-electron chi connectivity index (χ3n) is 4.47. The van der Waals surface area contributed by atoms with Crippen LogP contribution in [0.1, 0.15) is 17.4 Å². The van der Waals surface area contributed by atoms with Gasteiger partial charge in [-0.05, 0) is 42.5 Å². The number of rotatable bonds is 6. The number of benzene rings is 1. The van der Waals surface area contributed by atoms with Gasteiger partial charge in [0.1, 0.15) is 10.6 Å². The number of nitrogens with zero attached hydrogens (tertiary/aromatic N) is 1. The predicted octanol–water partition coefficient (Wildman–Crippen LogP) is 5.02. The van der Waals surface area contributed by atoms with E-state index < -0.39 is 0 Å². The van der Waals surface area contributed by atoms with Crippen molar-refractivity contribution in [2.75, 3.05) is 11.1 Å². The standard InChI is InChI=1S/C21H19N3O3S3/c1-3-14-17(15-5-4-8-28-15)18-19(27)23-21(24-20(18)30-14)29-10-16(26)22-12-9-11(2)6-7-13(12)25/h4-9,25H,3,10H2,1-2H3,(H,22,26)(H,23,24,27). The number of carbonyl (C=O) groups is 1. The van der Waals surface area contributed by atoms with Gasteiger partial charge in [-0.3, -0.25) is 9.59 Å². The summed E-state index contributed by atoms with van der Waals surface area (Å²) < 4.78 is 0. The number of nitrogens with one attached hydrogen (secondary N) is 2. The molecule has 30 heavy (non-hydrogen) atoms. The van der Waals surface area contributed by atoms with Crippen molar-refractivity contribution in [2.24, 2.45) is 0 Å². The van der Waals surface area contributed by atoms with Gasteiger partial charge in [-0.15, -0.1) is 22.7 Å². The third-order valence-corrected chi connectivity index (χ3v) is 7.46. The highest BCUT2D eigenvalue weighted by atomic mass is 32.2. The summed E-state index contributed by atoms with van der Waals surface area (Å²) in [4.78, 5) is 35.4. The van der Waals surface area contributed by atoms with Gasteiger partial charge in [-0.25, -0.2) is 4.98 Å². The van der Waals surface area contributed by atoms with Crippen molar-refractivity contribution in [3.05, 3.63) is 56.5 Å². The number of thiophene rings is 2. The number of amides is 1. The Morgan fingerprint density at radius 1 is 1.33 bits per heavy atom. The largest absolute Gasteiger partial charge is 0.506 e. The Bertz CT molecular complexity index is 1280. The van der Waals surface area contributed by atoms with Crippen molar-refractivity contribution in [1.29, 1.82) is 0 Å². The number of anilines is 1. The lowest BCUT2D eigenvalue weighted by Crippen LogP contribution is -2.15. The zero-order valence-electron chi connectivity index (χ0n) is 16.3. The summed E-state index contributed by atoms with van der Waals surface area (Å²) in [6, 6.07) is 8.99. The minimum atomic E-state index is -0.289. The fourth-order valence-corrected chi connectivity index (χ4v) is 5.82. The maximum Gasteiger partial charge on any atom is 0.260 e. The second-order valence-electron chi connectivity index (χ2n) is 6.64. The summed E-state index contributed by atoms with van der Waals surface area (Å²) in [7, 11) is 0. The van der Waals surface area contributed by atoms with Gasteiger partial charge in [-0.1, -0.05) is 30.8 Å². The molecule has 0 aliphatic carbocycles. The molecule has 3 heterocycles. The van der Waals surface area contributed by atoms with Gasteiger partial charge >= 0.3 is 0 Å². The fraction of sp³-hybridized carbons (Fsp3) is 0.190. The van der Waals surface area contributed by atoms with E-state index in [9.17, 15) is 14.7 Å². The summed E-state index contributed by atoms with van der Waals surface area (Å²) in [6.45, 7) is 3.94. The van der Waals surface area contributed by atoms with Crippen LogP contribution in [0, 0.1) is 6.92 Å². The number of thioether (sulfide) groups is 1. The minimum Gasteiger partial charge on any atom is -0.506 e. The van der Waals surface area contributed by atoms with E-state index in [4.69, 9.17) is 0 Å². The molecule has 0 fully saturated rings. The number of aromatic nitrogens is 2. The molecular weight excluding hydrogens is 438 g/mol. The van der Waals surface area contributed by atoms with Crippen LogP contribution in [0.3, 0.4) is 0 Å². The van der Waals surface area contributed by atoms with E-state index in [1.165, 1.54) is 11.3 Å². The Kier molecular flexibility index (Phi) is 5.94. The van der Waals surface area contributed by atoms with Gasteiger partial charge in [0.25, 0.3) is 5.56 Å². The van der Waals surface area contributed by atoms with Crippen molar-refractivity contribution < 1.29 is 9.90 Å². The van der Waals surface area contributed by atoms with E-state index in [1.807, 2.05) is 24.4 Å². The van der Waals surface area contributed by atoms with Crippen LogP contribution >= 0.6 is 34.4 Å². The van der Waals surface area contributed by atoms with Crippen molar-refractivity contribution in [3.8, 4) is 16.2 Å². The first-order valence-electron chi connectivity index (χ1n) is 9.28. The summed E-state index contributed by atoms with van der Waals surface area (Å²) in [5.41, 5.74) is 2.06. The molecule has 4 aromatic rings. The molecule has 0 bridgehead atoms. The van der Waals surface area contributed by atoms with Crippen molar-refractivity contribution in [3.63, 3.8) is 0 Å². The molecule has 0 unspecified atom stereocenters. The molecule has 0 aliphatic heterocycles. The maximum atomic E-state index is 12.8. The van der Waals surface area contributed by atoms with Crippen LogP contribution in [-0.4, -0.2) is 26.7 Å². The molecule has 1 aromatic carbocycles. The Balaban J connectivity index is 1.56. The van der Waals surface area contributed by atoms with Gasteiger partial charge < -0.3 is 15.4 Å². The lowest BCUT2D eigenvalue weighted by atomic mass is 10.1. The molecular formula is C21H19N3O3S3. The van der Waals surface area contributed by atoms with Crippen molar-refractivity contribution in [1.82, 2.24) is 9.97 Å². The first-order chi connectivity index (χ1) is 14.5. The number of aromatic hydroxyl groups is 1. The number of hydrogen-bond acceptors (Lipinski definition) is 7. The number of fused-ring (bicyclic) bond motifs is 1. The molecule has 0 aliphatic rings. The highest BCUT2D eigenvalue weighted by Crippen LogP contribution is 2.39. The van der Waals surface area contributed by atoms with Crippen LogP contribution in [0.2, 0.25) is 0 Å². The quantitative estimate of drug-likeness (QED) is 0.215. The van der Waals surface area contributed by atoms with Crippen LogP contribution in [-0.2, 0) is 11.2 Å². The van der Waals surface area contributed by atoms with E-state index in [1.54, 1.807) is 29.5 Å². The molecule has 1 amide bonds. The average molecular weight is 458 g/mol. The van der Waals surface area contributed by atoms with Crippen molar-refractivity contribution in [2.45, 2.75) is 25.4 Å². The summed E-state index contributed by atoms with van der Waals surface area (Å²) in [6.07, 6.45) is 0.818. The summed E-state index contributed by atoms with van der Waals surface area (Å²) in [5, 5.41) is 15.6.